The minimum Gasteiger partial charge on any atom is -0.475 e. The number of halogens is 1. The minimum absolute atomic E-state index is 0.437. The normalized spacial score (nSPS) is 18.2. The lowest BCUT2D eigenvalue weighted by Crippen LogP contribution is -2.36. The second kappa shape index (κ2) is 8.09. The SMILES string of the molecule is Clc1ccccc1CC1(Cn2ccnc2)COC(c2ccc(-c3ccsc3)cc2)=N1. The number of thiophene rings is 1. The first-order chi connectivity index (χ1) is 14.7. The van der Waals surface area contributed by atoms with Gasteiger partial charge in [-0.3, -0.25) is 0 Å². The molecule has 0 N–H and O–H groups in total. The molecule has 0 radical (unpaired) electrons. The summed E-state index contributed by atoms with van der Waals surface area (Å²) >= 11 is 8.16. The van der Waals surface area contributed by atoms with Gasteiger partial charge in [0.15, 0.2) is 0 Å². The Balaban J connectivity index is 1.46. The fourth-order valence-corrected chi connectivity index (χ4v) is 4.68. The standard InChI is InChI=1S/C24H20ClN3OS/c25-22-4-2-1-3-20(22)13-24(15-28-11-10-26-17-28)16-29-23(27-24)19-7-5-18(6-8-19)21-9-12-30-14-21/h1-12,14,17H,13,15-16H2. The maximum absolute atomic E-state index is 6.46. The van der Waals surface area contributed by atoms with Crippen molar-refractivity contribution in [1.82, 2.24) is 9.55 Å². The van der Waals surface area contributed by atoms with Crippen molar-refractivity contribution in [2.24, 2.45) is 4.99 Å². The molecule has 0 bridgehead atoms. The first-order valence-corrected chi connectivity index (χ1v) is 11.1. The number of nitrogens with zero attached hydrogens (tertiary/aromatic N) is 3. The van der Waals surface area contributed by atoms with Crippen LogP contribution < -0.4 is 0 Å². The zero-order valence-electron chi connectivity index (χ0n) is 16.2. The summed E-state index contributed by atoms with van der Waals surface area (Å²) in [6.45, 7) is 1.17. The molecule has 0 aliphatic carbocycles. The van der Waals surface area contributed by atoms with Gasteiger partial charge in [-0.05, 0) is 51.7 Å². The molecule has 2 aromatic carbocycles. The lowest BCUT2D eigenvalue weighted by molar-refractivity contribution is 0.233. The molecule has 4 nitrogen and oxygen atoms in total. The number of ether oxygens (including phenoxy) is 1. The summed E-state index contributed by atoms with van der Waals surface area (Å²) in [5.41, 5.74) is 4.04. The van der Waals surface area contributed by atoms with E-state index in [1.165, 1.54) is 11.1 Å². The van der Waals surface area contributed by atoms with Gasteiger partial charge in [0.05, 0.1) is 12.9 Å². The molecular formula is C24H20ClN3OS. The van der Waals surface area contributed by atoms with E-state index < -0.39 is 5.54 Å². The molecule has 150 valence electrons. The molecule has 6 heteroatoms. The Morgan fingerprint density at radius 3 is 2.60 bits per heavy atom. The van der Waals surface area contributed by atoms with E-state index in [2.05, 4.69) is 52.1 Å². The molecule has 0 amide bonds. The van der Waals surface area contributed by atoms with Gasteiger partial charge in [0.1, 0.15) is 12.1 Å². The van der Waals surface area contributed by atoms with Gasteiger partial charge < -0.3 is 9.30 Å². The Kier molecular flexibility index (Phi) is 5.15. The van der Waals surface area contributed by atoms with Gasteiger partial charge in [0, 0.05) is 29.4 Å². The number of rotatable bonds is 6. The van der Waals surface area contributed by atoms with E-state index in [4.69, 9.17) is 21.3 Å². The maximum Gasteiger partial charge on any atom is 0.216 e. The minimum atomic E-state index is -0.437. The van der Waals surface area contributed by atoms with Gasteiger partial charge in [-0.2, -0.15) is 11.3 Å². The van der Waals surface area contributed by atoms with Gasteiger partial charge in [-0.15, -0.1) is 0 Å². The Labute approximate surface area is 184 Å². The van der Waals surface area contributed by atoms with E-state index in [1.54, 1.807) is 17.5 Å². The maximum atomic E-state index is 6.46. The molecule has 30 heavy (non-hydrogen) atoms. The molecule has 1 atom stereocenters. The van der Waals surface area contributed by atoms with Gasteiger partial charge in [-0.25, -0.2) is 9.98 Å². The van der Waals surface area contributed by atoms with Crippen LogP contribution in [0.25, 0.3) is 11.1 Å². The number of benzene rings is 2. The molecule has 3 heterocycles. The smallest absolute Gasteiger partial charge is 0.216 e. The average Bonchev–Trinajstić information content (AvgIpc) is 3.53. The van der Waals surface area contributed by atoms with E-state index in [-0.39, 0.29) is 0 Å². The van der Waals surface area contributed by atoms with Crippen molar-refractivity contribution in [1.29, 1.82) is 0 Å². The molecule has 0 saturated carbocycles. The summed E-state index contributed by atoms with van der Waals surface area (Å²) in [7, 11) is 0. The first-order valence-electron chi connectivity index (χ1n) is 9.76. The van der Waals surface area contributed by atoms with Crippen LogP contribution in [0.15, 0.2) is 89.1 Å². The number of imidazole rings is 1. The third kappa shape index (κ3) is 3.91. The molecule has 1 aliphatic heterocycles. The van der Waals surface area contributed by atoms with Crippen molar-refractivity contribution >= 4 is 28.8 Å². The fraction of sp³-hybridized carbons (Fsp3) is 0.167. The predicted octanol–water partition coefficient (Wildman–Crippen LogP) is 5.72. The van der Waals surface area contributed by atoms with E-state index in [9.17, 15) is 0 Å². The Morgan fingerprint density at radius 2 is 1.87 bits per heavy atom. The topological polar surface area (TPSA) is 39.4 Å². The van der Waals surface area contributed by atoms with Crippen molar-refractivity contribution in [2.45, 2.75) is 18.5 Å². The van der Waals surface area contributed by atoms with Crippen LogP contribution in [0.2, 0.25) is 5.02 Å². The highest BCUT2D eigenvalue weighted by Crippen LogP contribution is 2.31. The monoisotopic (exact) mass is 433 g/mol. The summed E-state index contributed by atoms with van der Waals surface area (Å²) in [4.78, 5) is 9.26. The third-order valence-corrected chi connectivity index (χ3v) is 6.37. The highest BCUT2D eigenvalue weighted by Gasteiger charge is 2.38. The van der Waals surface area contributed by atoms with E-state index in [0.29, 0.717) is 25.5 Å². The van der Waals surface area contributed by atoms with Crippen LogP contribution in [0.5, 0.6) is 0 Å². The Morgan fingerprint density at radius 1 is 1.03 bits per heavy atom. The number of hydrogen-bond donors (Lipinski definition) is 0. The second-order valence-corrected chi connectivity index (χ2v) is 8.71. The van der Waals surface area contributed by atoms with E-state index in [0.717, 1.165) is 16.1 Å². The molecule has 0 saturated heterocycles. The Bertz CT molecular complexity index is 1150. The number of hydrogen-bond acceptors (Lipinski definition) is 4. The van der Waals surface area contributed by atoms with Gasteiger partial charge in [-0.1, -0.05) is 41.9 Å². The fourth-order valence-electron chi connectivity index (χ4n) is 3.81. The van der Waals surface area contributed by atoms with Crippen LogP contribution in [0.4, 0.5) is 0 Å². The molecular weight excluding hydrogens is 414 g/mol. The van der Waals surface area contributed by atoms with Crippen molar-refractivity contribution < 1.29 is 4.74 Å². The van der Waals surface area contributed by atoms with Crippen LogP contribution in [0.3, 0.4) is 0 Å². The number of aromatic nitrogens is 2. The summed E-state index contributed by atoms with van der Waals surface area (Å²) in [6, 6.07) is 18.5. The number of aliphatic imine (C=N–C) groups is 1. The quantitative estimate of drug-likeness (QED) is 0.390. The lowest BCUT2D eigenvalue weighted by Gasteiger charge is -2.25. The van der Waals surface area contributed by atoms with Gasteiger partial charge >= 0.3 is 0 Å². The molecule has 0 fully saturated rings. The summed E-state index contributed by atoms with van der Waals surface area (Å²) in [5, 5.41) is 5.00. The zero-order chi connectivity index (χ0) is 20.4. The van der Waals surface area contributed by atoms with Gasteiger partial charge in [0.25, 0.3) is 0 Å². The first kappa shape index (κ1) is 19.1. The highest BCUT2D eigenvalue weighted by molar-refractivity contribution is 7.08. The van der Waals surface area contributed by atoms with Crippen molar-refractivity contribution in [3.8, 4) is 11.1 Å². The van der Waals surface area contributed by atoms with Crippen molar-refractivity contribution in [2.75, 3.05) is 6.61 Å². The molecule has 5 rings (SSSR count). The van der Waals surface area contributed by atoms with E-state index >= 15 is 0 Å². The summed E-state index contributed by atoms with van der Waals surface area (Å²) < 4.78 is 8.17. The van der Waals surface area contributed by atoms with Crippen LogP contribution in [-0.4, -0.2) is 27.6 Å². The predicted molar refractivity (Wildman–Crippen MR) is 122 cm³/mol. The van der Waals surface area contributed by atoms with Crippen molar-refractivity contribution in [3.63, 3.8) is 0 Å². The van der Waals surface area contributed by atoms with Gasteiger partial charge in [0.2, 0.25) is 5.90 Å². The van der Waals surface area contributed by atoms with Crippen LogP contribution >= 0.6 is 22.9 Å². The Hall–Kier alpha value is -2.89. The third-order valence-electron chi connectivity index (χ3n) is 5.32. The molecule has 1 unspecified atom stereocenters. The lowest BCUT2D eigenvalue weighted by atomic mass is 9.92. The average molecular weight is 434 g/mol. The second-order valence-electron chi connectivity index (χ2n) is 7.52. The highest BCUT2D eigenvalue weighted by atomic mass is 35.5. The summed E-state index contributed by atoms with van der Waals surface area (Å²) in [5.74, 6) is 0.680. The summed E-state index contributed by atoms with van der Waals surface area (Å²) in [6.07, 6.45) is 6.25. The molecule has 2 aromatic heterocycles. The van der Waals surface area contributed by atoms with Crippen LogP contribution in [0.1, 0.15) is 11.1 Å². The zero-order valence-corrected chi connectivity index (χ0v) is 17.8. The molecule has 1 aliphatic rings. The molecule has 4 aromatic rings. The van der Waals surface area contributed by atoms with E-state index in [1.807, 2.05) is 35.3 Å². The largest absolute Gasteiger partial charge is 0.475 e. The van der Waals surface area contributed by atoms with Crippen molar-refractivity contribution in [3.05, 3.63) is 100 Å². The van der Waals surface area contributed by atoms with Crippen LogP contribution in [0, 0.1) is 0 Å². The van der Waals surface area contributed by atoms with Crippen LogP contribution in [-0.2, 0) is 17.7 Å². The molecule has 0 spiro atoms.